The van der Waals surface area contributed by atoms with Gasteiger partial charge in [-0.3, -0.25) is 4.79 Å². The number of hydrogen-bond acceptors (Lipinski definition) is 4. The molecule has 0 bridgehead atoms. The van der Waals surface area contributed by atoms with E-state index in [4.69, 9.17) is 5.73 Å². The molecule has 2 aromatic rings. The fourth-order valence-corrected chi connectivity index (χ4v) is 1.92. The molecular formula is C14H18N4O. The molecule has 0 saturated carbocycles. The summed E-state index contributed by atoms with van der Waals surface area (Å²) in [7, 11) is 1.86. The highest BCUT2D eigenvalue weighted by Gasteiger charge is 2.09. The molecule has 0 amide bonds. The van der Waals surface area contributed by atoms with Crippen LogP contribution in [0.2, 0.25) is 0 Å². The van der Waals surface area contributed by atoms with Crippen LogP contribution >= 0.6 is 0 Å². The third kappa shape index (κ3) is 2.93. The van der Waals surface area contributed by atoms with Gasteiger partial charge >= 0.3 is 0 Å². The third-order valence-electron chi connectivity index (χ3n) is 3.00. The Kier molecular flexibility index (Phi) is 3.85. The van der Waals surface area contributed by atoms with Crippen molar-refractivity contribution < 1.29 is 0 Å². The maximum absolute atomic E-state index is 12.1. The smallest absolute Gasteiger partial charge is 0.293 e. The third-order valence-corrected chi connectivity index (χ3v) is 3.00. The van der Waals surface area contributed by atoms with Crippen LogP contribution in [0.3, 0.4) is 0 Å². The molecule has 0 unspecified atom stereocenters. The second kappa shape index (κ2) is 5.56. The van der Waals surface area contributed by atoms with E-state index < -0.39 is 0 Å². The van der Waals surface area contributed by atoms with Crippen LogP contribution in [0.1, 0.15) is 12.5 Å². The van der Waals surface area contributed by atoms with Crippen molar-refractivity contribution in [3.05, 3.63) is 52.6 Å². The molecule has 5 nitrogen and oxygen atoms in total. The first-order chi connectivity index (χ1) is 9.11. The first-order valence-electron chi connectivity index (χ1n) is 6.23. The molecule has 1 aromatic heterocycles. The van der Waals surface area contributed by atoms with Crippen LogP contribution in [0.5, 0.6) is 0 Å². The highest BCUT2D eigenvalue weighted by Crippen LogP contribution is 2.10. The number of aryl methyl sites for hydroxylation is 1. The Morgan fingerprint density at radius 2 is 2.00 bits per heavy atom. The molecule has 0 atom stereocenters. The Labute approximate surface area is 112 Å². The molecule has 1 aromatic carbocycles. The minimum Gasteiger partial charge on any atom is -0.399 e. The number of nitrogen functional groups attached to an aromatic ring is 1. The molecule has 2 N–H and O–H groups in total. The molecule has 2 rings (SSSR count). The van der Waals surface area contributed by atoms with Gasteiger partial charge in [-0.15, -0.1) is 0 Å². The van der Waals surface area contributed by atoms with Gasteiger partial charge in [-0.2, -0.15) is 0 Å². The van der Waals surface area contributed by atoms with Crippen LogP contribution in [-0.4, -0.2) is 16.6 Å². The van der Waals surface area contributed by atoms with E-state index in [-0.39, 0.29) is 5.56 Å². The van der Waals surface area contributed by atoms with Crippen molar-refractivity contribution in [2.75, 3.05) is 17.7 Å². The van der Waals surface area contributed by atoms with Crippen LogP contribution in [0.15, 0.2) is 41.5 Å². The monoisotopic (exact) mass is 258 g/mol. The summed E-state index contributed by atoms with van der Waals surface area (Å²) in [5.41, 5.74) is 7.41. The molecule has 0 radical (unpaired) electrons. The lowest BCUT2D eigenvalue weighted by molar-refractivity contribution is 0.708. The Morgan fingerprint density at radius 1 is 1.32 bits per heavy atom. The predicted molar refractivity (Wildman–Crippen MR) is 77.1 cm³/mol. The second-order valence-electron chi connectivity index (χ2n) is 4.44. The van der Waals surface area contributed by atoms with Gasteiger partial charge in [0.15, 0.2) is 5.82 Å². The summed E-state index contributed by atoms with van der Waals surface area (Å²) in [5.74, 6) is 0.459. The molecule has 1 heterocycles. The Hall–Kier alpha value is -2.30. The highest BCUT2D eigenvalue weighted by atomic mass is 16.1. The lowest BCUT2D eigenvalue weighted by atomic mass is 10.2. The summed E-state index contributed by atoms with van der Waals surface area (Å²) in [5, 5.41) is 0. The van der Waals surface area contributed by atoms with E-state index >= 15 is 0 Å². The van der Waals surface area contributed by atoms with Crippen molar-refractivity contribution >= 4 is 11.5 Å². The summed E-state index contributed by atoms with van der Waals surface area (Å²) >= 11 is 0. The summed E-state index contributed by atoms with van der Waals surface area (Å²) in [6, 6.07) is 7.61. The molecule has 19 heavy (non-hydrogen) atoms. The Morgan fingerprint density at radius 3 is 2.63 bits per heavy atom. The fraction of sp³-hybridized carbons (Fsp3) is 0.286. The minimum absolute atomic E-state index is 0.0667. The van der Waals surface area contributed by atoms with E-state index in [1.54, 1.807) is 17.0 Å². The second-order valence-corrected chi connectivity index (χ2v) is 4.44. The standard InChI is InChI=1S/C14H18N4O/c1-3-18-9-8-16-13(14(18)19)17(2)10-11-4-6-12(15)7-5-11/h4-9H,3,10,15H2,1-2H3. The SMILES string of the molecule is CCn1ccnc(N(C)Cc2ccc(N)cc2)c1=O. The highest BCUT2D eigenvalue weighted by molar-refractivity contribution is 5.41. The number of aromatic nitrogens is 2. The zero-order valence-corrected chi connectivity index (χ0v) is 11.2. The number of hydrogen-bond donors (Lipinski definition) is 1. The van der Waals surface area contributed by atoms with Gasteiger partial charge in [0, 0.05) is 38.2 Å². The van der Waals surface area contributed by atoms with Gasteiger partial charge in [0.05, 0.1) is 0 Å². The van der Waals surface area contributed by atoms with E-state index in [0.717, 1.165) is 11.3 Å². The largest absolute Gasteiger partial charge is 0.399 e. The molecule has 0 fully saturated rings. The molecule has 5 heteroatoms. The van der Waals surface area contributed by atoms with Crippen molar-refractivity contribution in [2.24, 2.45) is 0 Å². The van der Waals surface area contributed by atoms with E-state index in [0.29, 0.717) is 18.9 Å². The Bertz CT molecular complexity index is 604. The first-order valence-corrected chi connectivity index (χ1v) is 6.23. The molecule has 0 saturated heterocycles. The van der Waals surface area contributed by atoms with Gasteiger partial charge in [-0.25, -0.2) is 4.98 Å². The molecule has 0 aliphatic carbocycles. The number of nitrogens with zero attached hydrogens (tertiary/aromatic N) is 3. The van der Waals surface area contributed by atoms with Crippen molar-refractivity contribution in [3.63, 3.8) is 0 Å². The first kappa shape index (κ1) is 13.1. The Balaban J connectivity index is 2.22. The van der Waals surface area contributed by atoms with Gasteiger partial charge in [0.25, 0.3) is 5.56 Å². The van der Waals surface area contributed by atoms with Gasteiger partial charge in [-0.05, 0) is 24.6 Å². The van der Waals surface area contributed by atoms with Crippen LogP contribution in [0.25, 0.3) is 0 Å². The lowest BCUT2D eigenvalue weighted by Gasteiger charge is -2.18. The van der Waals surface area contributed by atoms with Crippen LogP contribution < -0.4 is 16.2 Å². The number of nitrogens with two attached hydrogens (primary N) is 1. The predicted octanol–water partition coefficient (Wildman–Crippen LogP) is 1.48. The average molecular weight is 258 g/mol. The average Bonchev–Trinajstić information content (AvgIpc) is 2.41. The molecule has 0 spiro atoms. The molecular weight excluding hydrogens is 240 g/mol. The van der Waals surface area contributed by atoms with E-state index in [1.165, 1.54) is 0 Å². The zero-order chi connectivity index (χ0) is 13.8. The van der Waals surface area contributed by atoms with E-state index in [1.807, 2.05) is 43.1 Å². The molecule has 0 aliphatic heterocycles. The number of benzene rings is 1. The van der Waals surface area contributed by atoms with Gasteiger partial charge in [0.1, 0.15) is 0 Å². The van der Waals surface area contributed by atoms with Crippen LogP contribution in [0.4, 0.5) is 11.5 Å². The topological polar surface area (TPSA) is 64.2 Å². The maximum Gasteiger partial charge on any atom is 0.293 e. The normalized spacial score (nSPS) is 10.4. The summed E-state index contributed by atoms with van der Waals surface area (Å²) in [6.45, 7) is 3.20. The van der Waals surface area contributed by atoms with Gasteiger partial charge in [0.2, 0.25) is 0 Å². The van der Waals surface area contributed by atoms with Crippen molar-refractivity contribution in [1.82, 2.24) is 9.55 Å². The van der Waals surface area contributed by atoms with Crippen LogP contribution in [-0.2, 0) is 13.1 Å². The van der Waals surface area contributed by atoms with E-state index in [2.05, 4.69) is 4.98 Å². The van der Waals surface area contributed by atoms with Gasteiger partial charge < -0.3 is 15.2 Å². The van der Waals surface area contributed by atoms with Crippen LogP contribution in [0, 0.1) is 0 Å². The lowest BCUT2D eigenvalue weighted by Crippen LogP contribution is -2.29. The van der Waals surface area contributed by atoms with Crippen molar-refractivity contribution in [1.29, 1.82) is 0 Å². The molecule has 0 aliphatic rings. The molecule has 100 valence electrons. The van der Waals surface area contributed by atoms with E-state index in [9.17, 15) is 4.79 Å². The number of anilines is 2. The number of rotatable bonds is 4. The van der Waals surface area contributed by atoms with Crippen molar-refractivity contribution in [2.45, 2.75) is 20.0 Å². The minimum atomic E-state index is -0.0667. The summed E-state index contributed by atoms with van der Waals surface area (Å²) in [4.78, 5) is 18.1. The summed E-state index contributed by atoms with van der Waals surface area (Å²) in [6.07, 6.45) is 3.35. The van der Waals surface area contributed by atoms with Gasteiger partial charge in [-0.1, -0.05) is 12.1 Å². The van der Waals surface area contributed by atoms with Crippen molar-refractivity contribution in [3.8, 4) is 0 Å². The summed E-state index contributed by atoms with van der Waals surface area (Å²) < 4.78 is 1.64. The fourth-order valence-electron chi connectivity index (χ4n) is 1.92. The maximum atomic E-state index is 12.1. The quantitative estimate of drug-likeness (QED) is 0.844. The zero-order valence-electron chi connectivity index (χ0n) is 11.2.